The monoisotopic (exact) mass is 360 g/mol. The summed E-state index contributed by atoms with van der Waals surface area (Å²) in [6.45, 7) is 2.24. The number of fused-ring (bicyclic) bond motifs is 2. The maximum Gasteiger partial charge on any atom is 0.229 e. The number of carbonyl (C=O) groups is 1. The van der Waals surface area contributed by atoms with Crippen molar-refractivity contribution in [3.63, 3.8) is 0 Å². The van der Waals surface area contributed by atoms with E-state index in [1.54, 1.807) is 11.3 Å². The Kier molecular flexibility index (Phi) is 4.48. The molecular weight excluding hydrogens is 340 g/mol. The Bertz CT molecular complexity index is 1030. The molecule has 0 saturated heterocycles. The third-order valence-corrected chi connectivity index (χ3v) is 6.22. The Morgan fingerprint density at radius 2 is 2.08 bits per heavy atom. The first-order valence-corrected chi connectivity index (χ1v) is 9.78. The van der Waals surface area contributed by atoms with Crippen molar-refractivity contribution in [2.24, 2.45) is 5.92 Å². The van der Waals surface area contributed by atoms with Crippen LogP contribution in [0.4, 0.5) is 5.00 Å². The smallest absolute Gasteiger partial charge is 0.229 e. The Morgan fingerprint density at radius 3 is 2.88 bits per heavy atom. The number of rotatable bonds is 3. The van der Waals surface area contributed by atoms with Crippen LogP contribution in [0.2, 0.25) is 0 Å². The van der Waals surface area contributed by atoms with Crippen LogP contribution >= 0.6 is 11.3 Å². The van der Waals surface area contributed by atoms with Crippen LogP contribution in [0.25, 0.3) is 10.8 Å². The highest BCUT2D eigenvalue weighted by molar-refractivity contribution is 7.16. The van der Waals surface area contributed by atoms with Gasteiger partial charge in [-0.2, -0.15) is 5.26 Å². The van der Waals surface area contributed by atoms with Crippen LogP contribution in [-0.2, 0) is 24.1 Å². The summed E-state index contributed by atoms with van der Waals surface area (Å²) in [5.74, 6) is 0.581. The van der Waals surface area contributed by atoms with Crippen molar-refractivity contribution in [1.82, 2.24) is 0 Å². The van der Waals surface area contributed by atoms with E-state index in [0.717, 1.165) is 40.8 Å². The van der Waals surface area contributed by atoms with Crippen molar-refractivity contribution >= 4 is 33.0 Å². The molecule has 130 valence electrons. The minimum Gasteiger partial charge on any atom is -0.316 e. The highest BCUT2D eigenvalue weighted by Gasteiger charge is 2.24. The molecule has 3 aromatic rings. The quantitative estimate of drug-likeness (QED) is 0.708. The zero-order valence-corrected chi connectivity index (χ0v) is 15.5. The number of benzene rings is 2. The lowest BCUT2D eigenvalue weighted by atomic mass is 9.88. The molecule has 1 amide bonds. The number of carbonyl (C=O) groups excluding carboxylic acids is 1. The molecule has 1 aliphatic carbocycles. The molecule has 0 aliphatic heterocycles. The van der Waals surface area contributed by atoms with Crippen LogP contribution in [0, 0.1) is 17.2 Å². The van der Waals surface area contributed by atoms with Gasteiger partial charge in [-0.3, -0.25) is 4.79 Å². The maximum atomic E-state index is 12.5. The van der Waals surface area contributed by atoms with Crippen LogP contribution in [0.3, 0.4) is 0 Å². The Balaban J connectivity index is 1.53. The van der Waals surface area contributed by atoms with Gasteiger partial charge < -0.3 is 5.32 Å². The minimum absolute atomic E-state index is 0.0663. The van der Waals surface area contributed by atoms with Crippen molar-refractivity contribution in [2.75, 3.05) is 5.32 Å². The second kappa shape index (κ2) is 6.93. The van der Waals surface area contributed by atoms with Crippen molar-refractivity contribution < 1.29 is 4.79 Å². The van der Waals surface area contributed by atoms with E-state index in [1.807, 2.05) is 24.3 Å². The van der Waals surface area contributed by atoms with Gasteiger partial charge in [0.2, 0.25) is 5.91 Å². The van der Waals surface area contributed by atoms with Crippen LogP contribution in [0.1, 0.15) is 34.9 Å². The number of hydrogen-bond donors (Lipinski definition) is 1. The SMILES string of the molecule is CC1CCc2c(sc(NC(=O)Cc3ccc4ccccc4c3)c2C#N)C1. The van der Waals surface area contributed by atoms with Gasteiger partial charge in [0, 0.05) is 4.88 Å². The van der Waals surface area contributed by atoms with Crippen LogP contribution in [0.15, 0.2) is 42.5 Å². The molecule has 1 aromatic heterocycles. The molecule has 2 aromatic carbocycles. The second-order valence-corrected chi connectivity index (χ2v) is 8.18. The van der Waals surface area contributed by atoms with Crippen molar-refractivity contribution in [2.45, 2.75) is 32.6 Å². The van der Waals surface area contributed by atoms with Crippen LogP contribution in [0.5, 0.6) is 0 Å². The average molecular weight is 360 g/mol. The molecule has 3 nitrogen and oxygen atoms in total. The van der Waals surface area contributed by atoms with Gasteiger partial charge in [0.15, 0.2) is 0 Å². The summed E-state index contributed by atoms with van der Waals surface area (Å²) < 4.78 is 0. The molecule has 0 bridgehead atoms. The molecular formula is C22H20N2OS. The van der Waals surface area contributed by atoms with E-state index in [9.17, 15) is 10.1 Å². The topological polar surface area (TPSA) is 52.9 Å². The lowest BCUT2D eigenvalue weighted by molar-refractivity contribution is -0.115. The van der Waals surface area contributed by atoms with E-state index < -0.39 is 0 Å². The summed E-state index contributed by atoms with van der Waals surface area (Å²) in [4.78, 5) is 13.8. The first-order chi connectivity index (χ1) is 12.6. The molecule has 0 spiro atoms. The molecule has 1 atom stereocenters. The van der Waals surface area contributed by atoms with Gasteiger partial charge in [-0.25, -0.2) is 0 Å². The molecule has 1 heterocycles. The van der Waals surface area contributed by atoms with E-state index in [1.165, 1.54) is 10.3 Å². The third-order valence-electron chi connectivity index (χ3n) is 5.05. The van der Waals surface area contributed by atoms with Crippen molar-refractivity contribution in [1.29, 1.82) is 5.26 Å². The lowest BCUT2D eigenvalue weighted by Gasteiger charge is -2.17. The fraction of sp³-hybridized carbons (Fsp3) is 0.273. The summed E-state index contributed by atoms with van der Waals surface area (Å²) in [6, 6.07) is 16.5. The van der Waals surface area contributed by atoms with Crippen LogP contribution < -0.4 is 5.32 Å². The molecule has 4 heteroatoms. The summed E-state index contributed by atoms with van der Waals surface area (Å²) in [5.41, 5.74) is 2.80. The van der Waals surface area contributed by atoms with E-state index in [4.69, 9.17) is 0 Å². The number of nitriles is 1. The van der Waals surface area contributed by atoms with Gasteiger partial charge in [-0.05, 0) is 47.1 Å². The standard InChI is InChI=1S/C22H20N2OS/c1-14-6-9-18-19(13-23)22(26-20(18)10-14)24-21(25)12-15-7-8-16-4-2-3-5-17(16)11-15/h2-5,7-8,11,14H,6,9-10,12H2,1H3,(H,24,25). The molecule has 1 N–H and O–H groups in total. The van der Waals surface area contributed by atoms with Gasteiger partial charge in [0.1, 0.15) is 11.1 Å². The summed E-state index contributed by atoms with van der Waals surface area (Å²) in [7, 11) is 0. The van der Waals surface area contributed by atoms with Crippen molar-refractivity contribution in [3.05, 3.63) is 64.0 Å². The number of nitrogens with one attached hydrogen (secondary N) is 1. The Hall–Kier alpha value is -2.64. The molecule has 4 rings (SSSR count). The predicted molar refractivity (Wildman–Crippen MR) is 107 cm³/mol. The van der Waals surface area contributed by atoms with Gasteiger partial charge in [-0.1, -0.05) is 49.4 Å². The largest absolute Gasteiger partial charge is 0.316 e. The molecule has 26 heavy (non-hydrogen) atoms. The van der Waals surface area contributed by atoms with Crippen molar-refractivity contribution in [3.8, 4) is 6.07 Å². The summed E-state index contributed by atoms with van der Waals surface area (Å²) >= 11 is 1.58. The Labute approximate surface area is 157 Å². The summed E-state index contributed by atoms with van der Waals surface area (Å²) in [5, 5.41) is 15.6. The van der Waals surface area contributed by atoms with E-state index in [0.29, 0.717) is 17.9 Å². The molecule has 0 saturated carbocycles. The van der Waals surface area contributed by atoms with Gasteiger partial charge in [0.05, 0.1) is 12.0 Å². The van der Waals surface area contributed by atoms with E-state index in [-0.39, 0.29) is 5.91 Å². The molecule has 0 radical (unpaired) electrons. The number of thiophene rings is 1. The molecule has 1 unspecified atom stereocenters. The Morgan fingerprint density at radius 1 is 1.27 bits per heavy atom. The normalized spacial score (nSPS) is 16.1. The molecule has 0 fully saturated rings. The van der Waals surface area contributed by atoms with E-state index >= 15 is 0 Å². The number of anilines is 1. The van der Waals surface area contributed by atoms with Gasteiger partial charge >= 0.3 is 0 Å². The average Bonchev–Trinajstić information content (AvgIpc) is 2.97. The highest BCUT2D eigenvalue weighted by atomic mass is 32.1. The minimum atomic E-state index is -0.0663. The summed E-state index contributed by atoms with van der Waals surface area (Å²) in [6.07, 6.45) is 3.38. The zero-order valence-electron chi connectivity index (χ0n) is 14.7. The van der Waals surface area contributed by atoms with E-state index in [2.05, 4.69) is 36.5 Å². The predicted octanol–water partition coefficient (Wildman–Crippen LogP) is 5.08. The highest BCUT2D eigenvalue weighted by Crippen LogP contribution is 2.39. The first kappa shape index (κ1) is 16.8. The van der Waals surface area contributed by atoms with Crippen LogP contribution in [-0.4, -0.2) is 5.91 Å². The lowest BCUT2D eigenvalue weighted by Crippen LogP contribution is -2.14. The zero-order chi connectivity index (χ0) is 18.1. The first-order valence-electron chi connectivity index (χ1n) is 8.96. The second-order valence-electron chi connectivity index (χ2n) is 7.07. The number of hydrogen-bond acceptors (Lipinski definition) is 3. The number of nitrogens with zero attached hydrogens (tertiary/aromatic N) is 1. The third kappa shape index (κ3) is 3.23. The fourth-order valence-electron chi connectivity index (χ4n) is 3.66. The van der Waals surface area contributed by atoms with Gasteiger partial charge in [0.25, 0.3) is 0 Å². The maximum absolute atomic E-state index is 12.5. The number of amides is 1. The molecule has 1 aliphatic rings. The van der Waals surface area contributed by atoms with Gasteiger partial charge in [-0.15, -0.1) is 11.3 Å². The fourth-order valence-corrected chi connectivity index (χ4v) is 5.04.